The van der Waals surface area contributed by atoms with Gasteiger partial charge in [-0.15, -0.1) is 0 Å². The van der Waals surface area contributed by atoms with Crippen LogP contribution in [0.1, 0.15) is 38.0 Å². The van der Waals surface area contributed by atoms with Crippen molar-refractivity contribution < 1.29 is 9.26 Å². The molecule has 0 aromatic carbocycles. The molecule has 106 valence electrons. The normalized spacial score (nSPS) is 23.5. The molecule has 1 aliphatic heterocycles. The van der Waals surface area contributed by atoms with Crippen LogP contribution in [0.25, 0.3) is 0 Å². The van der Waals surface area contributed by atoms with E-state index in [1.807, 2.05) is 0 Å². The molecule has 0 atom stereocenters. The number of anilines is 1. The van der Waals surface area contributed by atoms with Crippen molar-refractivity contribution in [2.24, 2.45) is 5.73 Å². The molecule has 6 heteroatoms. The van der Waals surface area contributed by atoms with Gasteiger partial charge in [0, 0.05) is 25.0 Å². The van der Waals surface area contributed by atoms with Crippen LogP contribution in [0.15, 0.2) is 4.52 Å². The summed E-state index contributed by atoms with van der Waals surface area (Å²) in [7, 11) is 0. The smallest absolute Gasteiger partial charge is 0.266 e. The highest BCUT2D eigenvalue weighted by Gasteiger charge is 2.30. The van der Waals surface area contributed by atoms with Gasteiger partial charge in [0.1, 0.15) is 0 Å². The van der Waals surface area contributed by atoms with Gasteiger partial charge in [0.2, 0.25) is 5.89 Å². The zero-order valence-electron chi connectivity index (χ0n) is 11.3. The molecule has 0 unspecified atom stereocenters. The van der Waals surface area contributed by atoms with Gasteiger partial charge in [-0.2, -0.15) is 4.98 Å². The lowest BCUT2D eigenvalue weighted by atomic mass is 9.80. The van der Waals surface area contributed by atoms with Gasteiger partial charge in [-0.05, 0) is 18.0 Å². The van der Waals surface area contributed by atoms with Crippen LogP contribution in [0.2, 0.25) is 0 Å². The van der Waals surface area contributed by atoms with E-state index in [4.69, 9.17) is 15.0 Å². The van der Waals surface area contributed by atoms with Gasteiger partial charge in [-0.3, -0.25) is 0 Å². The van der Waals surface area contributed by atoms with E-state index in [2.05, 4.69) is 15.0 Å². The van der Waals surface area contributed by atoms with E-state index < -0.39 is 0 Å². The molecule has 3 rings (SSSR count). The zero-order valence-corrected chi connectivity index (χ0v) is 11.3. The first-order valence-corrected chi connectivity index (χ1v) is 7.19. The second kappa shape index (κ2) is 5.46. The third kappa shape index (κ3) is 3.06. The lowest BCUT2D eigenvalue weighted by molar-refractivity contribution is 0.121. The summed E-state index contributed by atoms with van der Waals surface area (Å²) in [4.78, 5) is 6.58. The van der Waals surface area contributed by atoms with Crippen LogP contribution in [0.4, 0.5) is 5.95 Å². The Balaban J connectivity index is 1.63. The topological polar surface area (TPSA) is 77.4 Å². The minimum Gasteiger partial charge on any atom is -0.378 e. The number of nitrogens with two attached hydrogens (primary N) is 1. The highest BCUT2D eigenvalue weighted by molar-refractivity contribution is 5.28. The number of hydrogen-bond donors (Lipinski definition) is 1. The fraction of sp³-hybridized carbons (Fsp3) is 0.846. The highest BCUT2D eigenvalue weighted by Crippen LogP contribution is 2.29. The second-order valence-corrected chi connectivity index (χ2v) is 5.69. The minimum absolute atomic E-state index is 0.146. The Morgan fingerprint density at radius 3 is 2.63 bits per heavy atom. The molecule has 19 heavy (non-hydrogen) atoms. The Kier molecular flexibility index (Phi) is 3.70. The van der Waals surface area contributed by atoms with E-state index in [0.29, 0.717) is 18.3 Å². The standard InChI is InChI=1S/C13H22N4O2/c14-13(4-2-1-3-5-13)10-11-15-12(16-19-11)17-6-8-18-9-7-17/h1-10,14H2. The molecular weight excluding hydrogens is 244 g/mol. The summed E-state index contributed by atoms with van der Waals surface area (Å²) >= 11 is 0. The molecule has 2 heterocycles. The van der Waals surface area contributed by atoms with Crippen LogP contribution in [0, 0.1) is 0 Å². The monoisotopic (exact) mass is 266 g/mol. The largest absolute Gasteiger partial charge is 0.378 e. The summed E-state index contributed by atoms with van der Waals surface area (Å²) in [6.45, 7) is 3.11. The average molecular weight is 266 g/mol. The van der Waals surface area contributed by atoms with E-state index in [0.717, 1.165) is 39.1 Å². The van der Waals surface area contributed by atoms with Crippen molar-refractivity contribution in [1.82, 2.24) is 10.1 Å². The lowest BCUT2D eigenvalue weighted by Gasteiger charge is -2.31. The van der Waals surface area contributed by atoms with Crippen molar-refractivity contribution in [3.8, 4) is 0 Å². The maximum absolute atomic E-state index is 6.42. The molecule has 0 bridgehead atoms. The molecule has 0 radical (unpaired) electrons. The van der Waals surface area contributed by atoms with Crippen LogP contribution in [-0.2, 0) is 11.2 Å². The van der Waals surface area contributed by atoms with E-state index in [9.17, 15) is 0 Å². The summed E-state index contributed by atoms with van der Waals surface area (Å²) in [6, 6.07) is 0. The molecule has 2 aliphatic rings. The number of nitrogens with zero attached hydrogens (tertiary/aromatic N) is 3. The van der Waals surface area contributed by atoms with Gasteiger partial charge in [-0.1, -0.05) is 19.3 Å². The molecule has 1 aromatic rings. The molecule has 0 spiro atoms. The summed E-state index contributed by atoms with van der Waals surface area (Å²) < 4.78 is 10.7. The van der Waals surface area contributed by atoms with Crippen molar-refractivity contribution in [2.45, 2.75) is 44.1 Å². The Morgan fingerprint density at radius 1 is 1.16 bits per heavy atom. The third-order valence-electron chi connectivity index (χ3n) is 4.10. The predicted molar refractivity (Wildman–Crippen MR) is 71.0 cm³/mol. The first kappa shape index (κ1) is 12.9. The van der Waals surface area contributed by atoms with Crippen molar-refractivity contribution in [2.75, 3.05) is 31.2 Å². The first-order valence-electron chi connectivity index (χ1n) is 7.19. The highest BCUT2D eigenvalue weighted by atomic mass is 16.5. The summed E-state index contributed by atoms with van der Waals surface area (Å²) in [6.07, 6.45) is 6.53. The van der Waals surface area contributed by atoms with Crippen molar-refractivity contribution in [3.05, 3.63) is 5.89 Å². The summed E-state index contributed by atoms with van der Waals surface area (Å²) in [5.41, 5.74) is 6.27. The van der Waals surface area contributed by atoms with Gasteiger partial charge < -0.3 is 19.9 Å². The Bertz CT molecular complexity index is 409. The Hall–Kier alpha value is -1.14. The van der Waals surface area contributed by atoms with Gasteiger partial charge in [0.15, 0.2) is 0 Å². The molecular formula is C13H22N4O2. The van der Waals surface area contributed by atoms with Crippen LogP contribution < -0.4 is 10.6 Å². The molecule has 6 nitrogen and oxygen atoms in total. The van der Waals surface area contributed by atoms with Crippen molar-refractivity contribution >= 4 is 5.95 Å². The molecule has 1 aliphatic carbocycles. The van der Waals surface area contributed by atoms with Gasteiger partial charge in [0.05, 0.1) is 13.2 Å². The van der Waals surface area contributed by atoms with Crippen LogP contribution in [0.5, 0.6) is 0 Å². The molecule has 1 saturated carbocycles. The first-order chi connectivity index (χ1) is 9.25. The predicted octanol–water partition coefficient (Wildman–Crippen LogP) is 1.11. The number of hydrogen-bond acceptors (Lipinski definition) is 6. The minimum atomic E-state index is -0.146. The van der Waals surface area contributed by atoms with E-state index in [1.54, 1.807) is 0 Å². The van der Waals surface area contributed by atoms with Crippen LogP contribution >= 0.6 is 0 Å². The average Bonchev–Trinajstić information content (AvgIpc) is 2.88. The second-order valence-electron chi connectivity index (χ2n) is 5.69. The fourth-order valence-corrected chi connectivity index (χ4v) is 2.94. The molecule has 1 aromatic heterocycles. The number of morpholine rings is 1. The lowest BCUT2D eigenvalue weighted by Crippen LogP contribution is -2.43. The van der Waals surface area contributed by atoms with Gasteiger partial charge in [0.25, 0.3) is 5.95 Å². The molecule has 2 N–H and O–H groups in total. The maximum atomic E-state index is 6.42. The van der Waals surface area contributed by atoms with E-state index in [1.165, 1.54) is 19.3 Å². The Labute approximate surface area is 113 Å². The fourth-order valence-electron chi connectivity index (χ4n) is 2.94. The maximum Gasteiger partial charge on any atom is 0.266 e. The number of ether oxygens (including phenoxy) is 1. The number of aromatic nitrogens is 2. The third-order valence-corrected chi connectivity index (χ3v) is 4.10. The van der Waals surface area contributed by atoms with Crippen LogP contribution in [-0.4, -0.2) is 42.0 Å². The zero-order chi connectivity index (χ0) is 13.1. The van der Waals surface area contributed by atoms with Crippen LogP contribution in [0.3, 0.4) is 0 Å². The quantitative estimate of drug-likeness (QED) is 0.883. The van der Waals surface area contributed by atoms with Crippen molar-refractivity contribution in [1.29, 1.82) is 0 Å². The Morgan fingerprint density at radius 2 is 1.89 bits per heavy atom. The molecule has 0 amide bonds. The van der Waals surface area contributed by atoms with Gasteiger partial charge in [-0.25, -0.2) is 0 Å². The van der Waals surface area contributed by atoms with E-state index in [-0.39, 0.29) is 5.54 Å². The number of rotatable bonds is 3. The van der Waals surface area contributed by atoms with Gasteiger partial charge >= 0.3 is 0 Å². The summed E-state index contributed by atoms with van der Waals surface area (Å²) in [5.74, 6) is 1.35. The SMILES string of the molecule is NC1(Cc2nc(N3CCOCC3)no2)CCCCC1. The molecule has 2 fully saturated rings. The van der Waals surface area contributed by atoms with E-state index >= 15 is 0 Å². The summed E-state index contributed by atoms with van der Waals surface area (Å²) in [5, 5.41) is 4.07. The van der Waals surface area contributed by atoms with Crippen molar-refractivity contribution in [3.63, 3.8) is 0 Å². The molecule has 1 saturated heterocycles.